The lowest BCUT2D eigenvalue weighted by molar-refractivity contribution is -0.189. The molecule has 1 saturated carbocycles. The Hall–Kier alpha value is -3.03. The molecule has 0 heterocycles. The first kappa shape index (κ1) is 25.1. The third-order valence-corrected chi connectivity index (χ3v) is 6.51. The maximum absolute atomic E-state index is 14.7. The Morgan fingerprint density at radius 1 is 0.714 bits per heavy atom. The van der Waals surface area contributed by atoms with Gasteiger partial charge in [0.1, 0.15) is 22.9 Å². The van der Waals surface area contributed by atoms with Crippen molar-refractivity contribution in [2.45, 2.75) is 51.1 Å². The van der Waals surface area contributed by atoms with Crippen LogP contribution in [0, 0.1) is 35.0 Å². The van der Waals surface area contributed by atoms with Gasteiger partial charge in [-0.1, -0.05) is 50.5 Å². The highest BCUT2D eigenvalue weighted by Gasteiger charge is 2.41. The summed E-state index contributed by atoms with van der Waals surface area (Å²) in [5, 5.41) is 0. The molecular formula is C27H23F7O. The first-order valence-electron chi connectivity index (χ1n) is 11.4. The Kier molecular flexibility index (Phi) is 7.10. The number of hydrogen-bond donors (Lipinski definition) is 0. The number of halogens is 7. The SMILES string of the molecule is CC1CCCC(c2ccc(-c3cc(F)c(C(F)(F)Oc4cc(F)c(F)c(F)c4)c(F)c3)cc2)CC1. The normalized spacial score (nSPS) is 18.9. The number of alkyl halides is 2. The van der Waals surface area contributed by atoms with Gasteiger partial charge in [0.05, 0.1) is 0 Å². The number of rotatable bonds is 5. The average Bonchev–Trinajstić information content (AvgIpc) is 3.01. The van der Waals surface area contributed by atoms with Gasteiger partial charge >= 0.3 is 6.11 Å². The van der Waals surface area contributed by atoms with Gasteiger partial charge in [-0.05, 0) is 53.5 Å². The van der Waals surface area contributed by atoms with E-state index in [9.17, 15) is 30.7 Å². The molecule has 1 fully saturated rings. The summed E-state index contributed by atoms with van der Waals surface area (Å²) >= 11 is 0. The molecule has 0 saturated heterocycles. The zero-order chi connectivity index (χ0) is 25.3. The molecule has 1 aliphatic carbocycles. The largest absolute Gasteiger partial charge is 0.432 e. The molecule has 4 rings (SSSR count). The summed E-state index contributed by atoms with van der Waals surface area (Å²) in [4.78, 5) is 0. The average molecular weight is 496 g/mol. The lowest BCUT2D eigenvalue weighted by Gasteiger charge is -2.20. The van der Waals surface area contributed by atoms with Crippen molar-refractivity contribution in [2.75, 3.05) is 0 Å². The van der Waals surface area contributed by atoms with E-state index >= 15 is 0 Å². The summed E-state index contributed by atoms with van der Waals surface area (Å²) in [5.41, 5.74) is -0.124. The number of benzene rings is 3. The second kappa shape index (κ2) is 9.91. The molecule has 0 aromatic heterocycles. The van der Waals surface area contributed by atoms with Gasteiger partial charge in [0.15, 0.2) is 17.5 Å². The Balaban J connectivity index is 1.57. The highest BCUT2D eigenvalue weighted by Crippen LogP contribution is 2.38. The van der Waals surface area contributed by atoms with Crippen LogP contribution in [0.4, 0.5) is 30.7 Å². The van der Waals surface area contributed by atoms with Crippen LogP contribution in [0.3, 0.4) is 0 Å². The van der Waals surface area contributed by atoms with E-state index in [4.69, 9.17) is 0 Å². The van der Waals surface area contributed by atoms with E-state index in [0.717, 1.165) is 43.4 Å². The molecule has 2 unspecified atom stereocenters. The van der Waals surface area contributed by atoms with Gasteiger partial charge in [-0.15, -0.1) is 0 Å². The fourth-order valence-corrected chi connectivity index (χ4v) is 4.58. The molecule has 0 aliphatic heterocycles. The van der Waals surface area contributed by atoms with Gasteiger partial charge in [0.2, 0.25) is 0 Å². The molecule has 3 aromatic carbocycles. The van der Waals surface area contributed by atoms with Crippen LogP contribution in [-0.2, 0) is 6.11 Å². The van der Waals surface area contributed by atoms with Crippen LogP contribution in [0.25, 0.3) is 11.1 Å². The van der Waals surface area contributed by atoms with Crippen LogP contribution < -0.4 is 4.74 Å². The molecule has 0 spiro atoms. The van der Waals surface area contributed by atoms with Crippen molar-refractivity contribution in [3.8, 4) is 16.9 Å². The Morgan fingerprint density at radius 3 is 1.91 bits per heavy atom. The van der Waals surface area contributed by atoms with Crippen molar-refractivity contribution in [3.63, 3.8) is 0 Å². The maximum atomic E-state index is 14.7. The zero-order valence-corrected chi connectivity index (χ0v) is 18.9. The Labute approximate surface area is 198 Å². The van der Waals surface area contributed by atoms with Crippen LogP contribution in [0.15, 0.2) is 48.5 Å². The van der Waals surface area contributed by atoms with E-state index in [2.05, 4.69) is 11.7 Å². The third-order valence-electron chi connectivity index (χ3n) is 6.51. The highest BCUT2D eigenvalue weighted by atomic mass is 19.3. The van der Waals surface area contributed by atoms with E-state index in [1.165, 1.54) is 6.42 Å². The first-order chi connectivity index (χ1) is 16.5. The first-order valence-corrected chi connectivity index (χ1v) is 11.4. The predicted octanol–water partition coefficient (Wildman–Crippen LogP) is 8.86. The van der Waals surface area contributed by atoms with Crippen LogP contribution in [0.5, 0.6) is 5.75 Å². The van der Waals surface area contributed by atoms with Crippen molar-refractivity contribution in [3.05, 3.63) is 88.7 Å². The van der Waals surface area contributed by atoms with Gasteiger partial charge < -0.3 is 4.74 Å². The van der Waals surface area contributed by atoms with Gasteiger partial charge in [0, 0.05) is 12.1 Å². The van der Waals surface area contributed by atoms with Gasteiger partial charge in [0.25, 0.3) is 0 Å². The fourth-order valence-electron chi connectivity index (χ4n) is 4.58. The quantitative estimate of drug-likeness (QED) is 0.195. The standard InChI is InChI=1S/C27H23F7O/c1-15-3-2-4-16(6-5-15)17-7-9-18(10-8-17)19-11-21(28)25(22(29)12-19)27(33,34)35-20-13-23(30)26(32)24(31)14-20/h7-16H,2-6H2,1H3. The van der Waals surface area contributed by atoms with Crippen molar-refractivity contribution >= 4 is 0 Å². The molecule has 1 nitrogen and oxygen atoms in total. The molecule has 186 valence electrons. The van der Waals surface area contributed by atoms with E-state index in [-0.39, 0.29) is 17.7 Å². The molecule has 0 bridgehead atoms. The Bertz CT molecular complexity index is 1160. The fraction of sp³-hybridized carbons (Fsp3) is 0.333. The molecule has 3 aromatic rings. The summed E-state index contributed by atoms with van der Waals surface area (Å²) in [6, 6.07) is 8.95. The smallest absolute Gasteiger partial charge is 0.429 e. The number of hydrogen-bond acceptors (Lipinski definition) is 1. The van der Waals surface area contributed by atoms with Crippen molar-refractivity contribution in [1.82, 2.24) is 0 Å². The predicted molar refractivity (Wildman–Crippen MR) is 118 cm³/mol. The van der Waals surface area contributed by atoms with Gasteiger partial charge in [-0.25, -0.2) is 22.0 Å². The molecule has 2 atom stereocenters. The molecular weight excluding hydrogens is 473 g/mol. The van der Waals surface area contributed by atoms with Crippen LogP contribution >= 0.6 is 0 Å². The summed E-state index contributed by atoms with van der Waals surface area (Å²) < 4.78 is 102. The Morgan fingerprint density at radius 2 is 1.31 bits per heavy atom. The lowest BCUT2D eigenvalue weighted by atomic mass is 9.90. The minimum atomic E-state index is -4.62. The molecule has 1 aliphatic rings. The minimum Gasteiger partial charge on any atom is -0.429 e. The number of ether oxygens (including phenoxy) is 1. The second-order valence-corrected chi connectivity index (χ2v) is 9.07. The topological polar surface area (TPSA) is 9.23 Å². The second-order valence-electron chi connectivity index (χ2n) is 9.07. The van der Waals surface area contributed by atoms with Crippen LogP contribution in [0.1, 0.15) is 56.1 Å². The minimum absolute atomic E-state index is 0.0412. The van der Waals surface area contributed by atoms with E-state index in [1.807, 2.05) is 12.1 Å². The molecule has 8 heteroatoms. The van der Waals surface area contributed by atoms with E-state index < -0.39 is 46.5 Å². The maximum Gasteiger partial charge on any atom is 0.432 e. The van der Waals surface area contributed by atoms with Crippen molar-refractivity contribution in [2.24, 2.45) is 5.92 Å². The van der Waals surface area contributed by atoms with Crippen LogP contribution in [0.2, 0.25) is 0 Å². The summed E-state index contributed by atoms with van der Waals surface area (Å²) in [6.07, 6.45) is 0.980. The molecule has 0 amide bonds. The van der Waals surface area contributed by atoms with Crippen LogP contribution in [-0.4, -0.2) is 0 Å². The lowest BCUT2D eigenvalue weighted by Crippen LogP contribution is -2.25. The molecule has 35 heavy (non-hydrogen) atoms. The summed E-state index contributed by atoms with van der Waals surface area (Å²) in [5.74, 6) is -8.69. The summed E-state index contributed by atoms with van der Waals surface area (Å²) in [7, 11) is 0. The van der Waals surface area contributed by atoms with Gasteiger partial charge in [-0.3, -0.25) is 0 Å². The highest BCUT2D eigenvalue weighted by molar-refractivity contribution is 5.64. The zero-order valence-electron chi connectivity index (χ0n) is 18.9. The summed E-state index contributed by atoms with van der Waals surface area (Å²) in [6.45, 7) is 2.24. The molecule has 0 radical (unpaired) electrons. The van der Waals surface area contributed by atoms with Gasteiger partial charge in [-0.2, -0.15) is 8.78 Å². The van der Waals surface area contributed by atoms with E-state index in [1.54, 1.807) is 12.1 Å². The monoisotopic (exact) mass is 496 g/mol. The van der Waals surface area contributed by atoms with E-state index in [0.29, 0.717) is 17.4 Å². The third kappa shape index (κ3) is 5.46. The van der Waals surface area contributed by atoms with Crippen molar-refractivity contribution in [1.29, 1.82) is 0 Å². The van der Waals surface area contributed by atoms with Crippen molar-refractivity contribution < 1.29 is 35.5 Å². The molecule has 0 N–H and O–H groups in total.